The first-order valence-electron chi connectivity index (χ1n) is 6.88. The van der Waals surface area contributed by atoms with Crippen molar-refractivity contribution in [1.82, 2.24) is 15.2 Å². The van der Waals surface area contributed by atoms with Crippen LogP contribution in [0.4, 0.5) is 0 Å². The molecule has 0 bridgehead atoms. The minimum absolute atomic E-state index is 0.0505. The van der Waals surface area contributed by atoms with Crippen LogP contribution in [0.2, 0.25) is 0 Å². The van der Waals surface area contributed by atoms with Gasteiger partial charge in [0.25, 0.3) is 0 Å². The molecule has 2 heterocycles. The van der Waals surface area contributed by atoms with Gasteiger partial charge in [0, 0.05) is 18.9 Å². The molecule has 2 rings (SSSR count). The van der Waals surface area contributed by atoms with Crippen LogP contribution in [0.5, 0.6) is 0 Å². The maximum atomic E-state index is 12.5. The fourth-order valence-electron chi connectivity index (χ4n) is 2.58. The number of nitrogens with one attached hydrogen (secondary N) is 1. The van der Waals surface area contributed by atoms with Gasteiger partial charge in [-0.1, -0.05) is 13.0 Å². The van der Waals surface area contributed by atoms with Crippen LogP contribution < -0.4 is 5.32 Å². The number of carbonyl (C=O) groups excluding carboxylic acids is 2. The van der Waals surface area contributed by atoms with E-state index in [0.717, 1.165) is 11.1 Å². The van der Waals surface area contributed by atoms with E-state index in [4.69, 9.17) is 0 Å². The molecular formula is C15H21N3O2. The third kappa shape index (κ3) is 2.66. The molecule has 0 spiro atoms. The Labute approximate surface area is 119 Å². The van der Waals surface area contributed by atoms with Crippen LogP contribution in [0.1, 0.15) is 38.3 Å². The topological polar surface area (TPSA) is 62.3 Å². The summed E-state index contributed by atoms with van der Waals surface area (Å²) in [4.78, 5) is 30.5. The Hall–Kier alpha value is -1.91. The van der Waals surface area contributed by atoms with E-state index >= 15 is 0 Å². The van der Waals surface area contributed by atoms with Gasteiger partial charge in [-0.25, -0.2) is 0 Å². The molecule has 1 aromatic heterocycles. The van der Waals surface area contributed by atoms with Crippen molar-refractivity contribution in [2.75, 3.05) is 0 Å². The molecule has 20 heavy (non-hydrogen) atoms. The molecule has 1 N–H and O–H groups in total. The number of pyridine rings is 1. The fraction of sp³-hybridized carbons (Fsp3) is 0.533. The predicted molar refractivity (Wildman–Crippen MR) is 75.8 cm³/mol. The molecule has 0 aliphatic carbocycles. The van der Waals surface area contributed by atoms with Gasteiger partial charge in [0.2, 0.25) is 11.8 Å². The Kier molecular flexibility index (Phi) is 3.79. The highest BCUT2D eigenvalue weighted by atomic mass is 16.2. The van der Waals surface area contributed by atoms with E-state index in [1.54, 1.807) is 31.1 Å². The van der Waals surface area contributed by atoms with Crippen LogP contribution in [0, 0.1) is 6.92 Å². The van der Waals surface area contributed by atoms with Gasteiger partial charge >= 0.3 is 0 Å². The minimum atomic E-state index is -0.847. The van der Waals surface area contributed by atoms with Crippen molar-refractivity contribution >= 4 is 11.8 Å². The van der Waals surface area contributed by atoms with Crippen molar-refractivity contribution in [2.45, 2.75) is 52.2 Å². The lowest BCUT2D eigenvalue weighted by atomic mass is 9.95. The predicted octanol–water partition coefficient (Wildman–Crippen LogP) is 1.41. The molecule has 5 nitrogen and oxygen atoms in total. The second-order valence-electron chi connectivity index (χ2n) is 5.84. The standard InChI is InChI=1S/C15H21N3O2/c1-5-12-13(19)17-15(3,4)14(20)18(12)9-11-6-10(2)7-16-8-11/h6-8,12H,5,9H2,1-4H3,(H,17,19). The normalized spacial score (nSPS) is 21.8. The third-order valence-corrected chi connectivity index (χ3v) is 3.58. The first-order chi connectivity index (χ1) is 9.35. The van der Waals surface area contributed by atoms with E-state index in [0.29, 0.717) is 13.0 Å². The molecule has 1 aliphatic heterocycles. The quantitative estimate of drug-likeness (QED) is 0.907. The molecule has 1 aromatic rings. The van der Waals surface area contributed by atoms with Crippen LogP contribution in [0.15, 0.2) is 18.5 Å². The van der Waals surface area contributed by atoms with Gasteiger partial charge in [-0.15, -0.1) is 0 Å². The van der Waals surface area contributed by atoms with Crippen molar-refractivity contribution in [1.29, 1.82) is 0 Å². The van der Waals surface area contributed by atoms with E-state index in [1.807, 2.05) is 19.9 Å². The zero-order valence-electron chi connectivity index (χ0n) is 12.4. The number of amides is 2. The lowest BCUT2D eigenvalue weighted by Crippen LogP contribution is -2.67. The van der Waals surface area contributed by atoms with Crippen LogP contribution in [-0.4, -0.2) is 33.3 Å². The Morgan fingerprint density at radius 3 is 2.65 bits per heavy atom. The molecule has 5 heteroatoms. The molecule has 0 aromatic carbocycles. The SMILES string of the molecule is CCC1C(=O)NC(C)(C)C(=O)N1Cc1cncc(C)c1. The van der Waals surface area contributed by atoms with Gasteiger partial charge < -0.3 is 10.2 Å². The summed E-state index contributed by atoms with van der Waals surface area (Å²) >= 11 is 0. The fourth-order valence-corrected chi connectivity index (χ4v) is 2.58. The Bertz CT molecular complexity index is 540. The third-order valence-electron chi connectivity index (χ3n) is 3.58. The molecule has 1 atom stereocenters. The first kappa shape index (κ1) is 14.5. The van der Waals surface area contributed by atoms with Crippen molar-refractivity contribution < 1.29 is 9.59 Å². The van der Waals surface area contributed by atoms with E-state index in [1.165, 1.54) is 0 Å². The minimum Gasteiger partial charge on any atom is -0.340 e. The van der Waals surface area contributed by atoms with Gasteiger partial charge in [-0.05, 0) is 38.3 Å². The van der Waals surface area contributed by atoms with E-state index in [2.05, 4.69) is 10.3 Å². The highest BCUT2D eigenvalue weighted by molar-refractivity contribution is 5.99. The van der Waals surface area contributed by atoms with Crippen molar-refractivity contribution in [3.63, 3.8) is 0 Å². The van der Waals surface area contributed by atoms with Crippen molar-refractivity contribution in [2.24, 2.45) is 0 Å². The first-order valence-corrected chi connectivity index (χ1v) is 6.88. The van der Waals surface area contributed by atoms with Gasteiger partial charge in [0.15, 0.2) is 0 Å². The Balaban J connectivity index is 2.30. The highest BCUT2D eigenvalue weighted by Crippen LogP contribution is 2.22. The summed E-state index contributed by atoms with van der Waals surface area (Å²) in [5.41, 5.74) is 1.14. The number of carbonyl (C=O) groups is 2. The average molecular weight is 275 g/mol. The van der Waals surface area contributed by atoms with E-state index in [-0.39, 0.29) is 11.8 Å². The zero-order valence-corrected chi connectivity index (χ0v) is 12.4. The largest absolute Gasteiger partial charge is 0.340 e. The van der Waals surface area contributed by atoms with E-state index in [9.17, 15) is 9.59 Å². The maximum Gasteiger partial charge on any atom is 0.248 e. The summed E-state index contributed by atoms with van der Waals surface area (Å²) in [5, 5.41) is 2.79. The monoisotopic (exact) mass is 275 g/mol. The summed E-state index contributed by atoms with van der Waals surface area (Å²) in [6.07, 6.45) is 4.12. The summed E-state index contributed by atoms with van der Waals surface area (Å²) < 4.78 is 0. The molecule has 0 radical (unpaired) electrons. The maximum absolute atomic E-state index is 12.5. The lowest BCUT2D eigenvalue weighted by Gasteiger charge is -2.42. The van der Waals surface area contributed by atoms with Crippen LogP contribution in [-0.2, 0) is 16.1 Å². The molecule has 2 amide bonds. The van der Waals surface area contributed by atoms with Gasteiger partial charge in [-0.2, -0.15) is 0 Å². The van der Waals surface area contributed by atoms with Gasteiger partial charge in [-0.3, -0.25) is 14.6 Å². The molecule has 1 aliphatic rings. The smallest absolute Gasteiger partial charge is 0.248 e. The number of nitrogens with zero attached hydrogens (tertiary/aromatic N) is 2. The average Bonchev–Trinajstić information content (AvgIpc) is 2.35. The van der Waals surface area contributed by atoms with Crippen LogP contribution in [0.25, 0.3) is 0 Å². The number of hydrogen-bond donors (Lipinski definition) is 1. The number of aryl methyl sites for hydroxylation is 1. The molecule has 1 saturated heterocycles. The van der Waals surface area contributed by atoms with Crippen LogP contribution in [0.3, 0.4) is 0 Å². The second-order valence-corrected chi connectivity index (χ2v) is 5.84. The summed E-state index contributed by atoms with van der Waals surface area (Å²) in [5.74, 6) is -0.136. The Morgan fingerprint density at radius 1 is 1.35 bits per heavy atom. The van der Waals surface area contributed by atoms with E-state index < -0.39 is 11.6 Å². The molecule has 108 valence electrons. The summed E-state index contributed by atoms with van der Waals surface area (Å²) in [6.45, 7) is 7.77. The van der Waals surface area contributed by atoms with Crippen molar-refractivity contribution in [3.05, 3.63) is 29.6 Å². The molecule has 0 saturated carbocycles. The Morgan fingerprint density at radius 2 is 2.05 bits per heavy atom. The highest BCUT2D eigenvalue weighted by Gasteiger charge is 2.44. The summed E-state index contributed by atoms with van der Waals surface area (Å²) in [7, 11) is 0. The van der Waals surface area contributed by atoms with Crippen molar-refractivity contribution in [3.8, 4) is 0 Å². The zero-order chi connectivity index (χ0) is 14.9. The number of aromatic nitrogens is 1. The summed E-state index contributed by atoms with van der Waals surface area (Å²) in [6, 6.07) is 1.59. The van der Waals surface area contributed by atoms with Gasteiger partial charge in [0.05, 0.1) is 0 Å². The molecule has 1 fully saturated rings. The lowest BCUT2D eigenvalue weighted by molar-refractivity contribution is -0.154. The number of rotatable bonds is 3. The number of piperazine rings is 1. The number of hydrogen-bond acceptors (Lipinski definition) is 3. The van der Waals surface area contributed by atoms with Gasteiger partial charge in [0.1, 0.15) is 11.6 Å². The second kappa shape index (κ2) is 5.23. The molecular weight excluding hydrogens is 254 g/mol. The molecule has 1 unspecified atom stereocenters. The van der Waals surface area contributed by atoms with Crippen LogP contribution >= 0.6 is 0 Å².